The minimum Gasteiger partial charge on any atom is -1.00 e. The molecule has 10 aromatic carbocycles. The fourth-order valence-corrected chi connectivity index (χ4v) is 24.3. The zero-order valence-electron chi connectivity index (χ0n) is 79.5. The number of likely N-dealkylation sites (tertiary alicyclic amines) is 5. The number of aliphatic hydroxyl groups excluding tert-OH is 2. The number of benzene rings is 10. The van der Waals surface area contributed by atoms with E-state index in [1.807, 2.05) is 67.6 Å². The van der Waals surface area contributed by atoms with Crippen LogP contribution in [-0.2, 0) is 79.5 Å². The Kier molecular flexibility index (Phi) is 37.0. The number of nitrogens with zero attached hydrogens (tertiary/aromatic N) is 6. The summed E-state index contributed by atoms with van der Waals surface area (Å²) < 4.78 is 128. The SMILES string of the molecule is CC(OC1C2CCC1CN(Cc1ccccc1)C2)N1CCc2ccccc2C1c1ccc(F)cc1.Cc1ccc(S(=O)(=O)O)cc1.Fc1ccc(C2NCCc3ccccc32)cc1.O=C1C2CCC1CN(Cc1ccccc1)C2.O=S(=O)(OC1[C@@H]2CC[C@H]1CN(Cc1ccccc1)C2)C(F)(F)F.OC1[C@@H]2CC[C@H]1CN(Cc1ccccc1)C2.OC1[C@@H]2CC[C@H]1CN(Cc1ccccc1)C2.[B].[H-].[Na+]. The van der Waals surface area contributed by atoms with Crippen LogP contribution in [-0.4, -0.2) is 190 Å². The molecule has 4 N–H and O–H groups in total. The molecule has 0 spiro atoms. The number of Topliss-reactive ketones (excluding diaryl/α,β-unsaturated/α-hetero) is 1. The van der Waals surface area contributed by atoms with Crippen LogP contribution in [0, 0.1) is 77.7 Å². The molecule has 5 aliphatic carbocycles. The quantitative estimate of drug-likeness (QED) is 0.0208. The molecule has 5 saturated heterocycles. The third-order valence-electron chi connectivity index (χ3n) is 29.7. The van der Waals surface area contributed by atoms with Crippen LogP contribution in [0.15, 0.2) is 278 Å². The van der Waals surface area contributed by atoms with Gasteiger partial charge in [-0.2, -0.15) is 30.0 Å². The second-order valence-corrected chi connectivity index (χ2v) is 42.1. The number of hydrogen-bond acceptors (Lipinski definition) is 16. The number of aliphatic hydroxyl groups is 2. The molecule has 10 unspecified atom stereocenters. The molecule has 7 aliphatic heterocycles. The molecule has 26 heteroatoms. The van der Waals surface area contributed by atoms with Crippen LogP contribution < -0.4 is 34.9 Å². The number of aryl methyl sites for hydroxylation is 1. The van der Waals surface area contributed by atoms with E-state index in [1.165, 1.54) is 107 Å². The van der Waals surface area contributed by atoms with E-state index in [2.05, 4.69) is 210 Å². The van der Waals surface area contributed by atoms with Crippen LogP contribution in [0.5, 0.6) is 0 Å². The van der Waals surface area contributed by atoms with Crippen molar-refractivity contribution >= 4 is 34.4 Å². The predicted octanol–water partition coefficient (Wildman–Crippen LogP) is 15.7. The van der Waals surface area contributed by atoms with E-state index in [1.54, 1.807) is 24.3 Å². The van der Waals surface area contributed by atoms with Gasteiger partial charge in [-0.25, -0.2) is 8.78 Å². The Morgan fingerprint density at radius 1 is 0.419 bits per heavy atom. The molecule has 0 aromatic heterocycles. The molecule has 17 nitrogen and oxygen atoms in total. The first-order chi connectivity index (χ1) is 64.7. The number of nitrogens with one attached hydrogen (secondary N) is 1. The summed E-state index contributed by atoms with van der Waals surface area (Å²) in [4.78, 5) is 26.4. The summed E-state index contributed by atoms with van der Waals surface area (Å²) in [6.07, 6.45) is 12.6. The number of rotatable bonds is 18. The molecular weight excluding hydrogens is 1770 g/mol. The average Bonchev–Trinajstić information content (AvgIpc) is 1.60. The summed E-state index contributed by atoms with van der Waals surface area (Å²) in [6, 6.07) is 89.7. The summed E-state index contributed by atoms with van der Waals surface area (Å²) >= 11 is 0. The van der Waals surface area contributed by atoms with Crippen molar-refractivity contribution in [1.29, 1.82) is 0 Å². The molecule has 717 valence electrons. The summed E-state index contributed by atoms with van der Waals surface area (Å²) in [6.45, 7) is 20.4. The van der Waals surface area contributed by atoms with Gasteiger partial charge in [0.25, 0.3) is 10.1 Å². The monoisotopic (exact) mass is 1900 g/mol. The topological polar surface area (TPSA) is 196 Å². The molecule has 22 rings (SSSR count). The maximum absolute atomic E-state index is 13.7. The average molecular weight is 1900 g/mol. The van der Waals surface area contributed by atoms with Crippen LogP contribution in [0.25, 0.3) is 0 Å². The van der Waals surface area contributed by atoms with Crippen molar-refractivity contribution in [3.63, 3.8) is 0 Å². The van der Waals surface area contributed by atoms with E-state index in [9.17, 15) is 53.8 Å². The standard InChI is InChI=1S/C31H35FN2O.C15H18F3NO3S.C15H14FN.2C14H19NO.C14H17NO.C7H8O3S.B.Na.H/c1-22(35-31-26-11-12-27(31)21-33(20-26)19-23-7-3-2-4-8-23)34-18-17-24-9-5-6-10-29(24)30(34)25-13-15-28(32)16-14-25;16-15(17,18)23(20,21)22-14-12-6-7-13(14)10-19(9-12)8-11-4-2-1-3-5-11;16-13-7-5-12(6-8-13)15-14-4-2-1-3-11(14)9-10-17-15;3*16-14-12-6-7-13(14)10-15(9-12)8-11-4-2-1-3-5-11;1-6-2-4-7(5-3-6)11(8,9)10;;;/h2-10,13-16,22,26-27,30-31H,11-12,17-21H2,1H3;1-5,12-14H,6-10H2;1-8,15,17H,9-10H2;2*1-5,12-14,16H,6-10H2;1-5,12-13H,6-10H2;2-5H,1H3,(H,8,9,10);;;/q;;;;;;;;+1;-1/t;12-,13+,14?;;2*12-,13+,14?;;;;;. The molecule has 10 fully saturated rings. The molecule has 0 amide bonds. The number of ether oxygens (including phenoxy) is 1. The number of ketones is 1. The van der Waals surface area contributed by atoms with Gasteiger partial charge in [0.1, 0.15) is 23.6 Å². The van der Waals surface area contributed by atoms with E-state index in [0.717, 1.165) is 140 Å². The van der Waals surface area contributed by atoms with Crippen molar-refractivity contribution in [3.8, 4) is 0 Å². The molecular formula is C110H131BF5N7NaO10S2. The first kappa shape index (κ1) is 104. The number of hydrogen-bond donors (Lipinski definition) is 4. The largest absolute Gasteiger partial charge is 1.00 e. The minimum atomic E-state index is -5.52. The number of alkyl halides is 3. The predicted molar refractivity (Wildman–Crippen MR) is 520 cm³/mol. The van der Waals surface area contributed by atoms with Crippen molar-refractivity contribution in [3.05, 3.63) is 351 Å². The molecule has 12 aliphatic rings. The summed E-state index contributed by atoms with van der Waals surface area (Å²) in [5, 5.41) is 23.4. The molecule has 136 heavy (non-hydrogen) atoms. The van der Waals surface area contributed by atoms with Crippen LogP contribution in [0.3, 0.4) is 0 Å². The van der Waals surface area contributed by atoms with Crippen LogP contribution in [0.4, 0.5) is 22.0 Å². The van der Waals surface area contributed by atoms with Crippen molar-refractivity contribution in [1.82, 2.24) is 34.7 Å². The van der Waals surface area contributed by atoms with E-state index >= 15 is 0 Å². The van der Waals surface area contributed by atoms with Gasteiger partial charge in [0, 0.05) is 132 Å². The Morgan fingerprint density at radius 2 is 0.750 bits per heavy atom. The van der Waals surface area contributed by atoms with Gasteiger partial charge in [-0.05, 0) is 236 Å². The first-order valence-electron chi connectivity index (χ1n) is 48.3. The Bertz CT molecular complexity index is 5500. The number of carbonyl (C=O) groups is 1. The van der Waals surface area contributed by atoms with E-state index in [-0.39, 0.29) is 98.3 Å². The molecule has 10 aromatic rings. The van der Waals surface area contributed by atoms with Gasteiger partial charge in [0.2, 0.25) is 0 Å². The van der Waals surface area contributed by atoms with Crippen LogP contribution in [0.1, 0.15) is 151 Å². The minimum absolute atomic E-state index is 0. The molecule has 10 bridgehead atoms. The Morgan fingerprint density at radius 3 is 1.13 bits per heavy atom. The van der Waals surface area contributed by atoms with Crippen molar-refractivity contribution < 1.29 is 98.3 Å². The van der Waals surface area contributed by atoms with Crippen molar-refractivity contribution in [2.75, 3.05) is 78.5 Å². The second kappa shape index (κ2) is 48.5. The summed E-state index contributed by atoms with van der Waals surface area (Å²) in [5.74, 6) is 3.81. The second-order valence-electron chi connectivity index (χ2n) is 39.1. The maximum Gasteiger partial charge on any atom is 1.00 e. The number of piperidine rings is 5. The third kappa shape index (κ3) is 27.4. The first-order valence-corrected chi connectivity index (χ1v) is 51.2. The third-order valence-corrected chi connectivity index (χ3v) is 31.6. The fraction of sp³-hybridized carbons (Fsp3) is 0.445. The van der Waals surface area contributed by atoms with Gasteiger partial charge in [0.05, 0.1) is 41.4 Å². The van der Waals surface area contributed by atoms with Crippen molar-refractivity contribution in [2.24, 2.45) is 59.2 Å². The zero-order chi connectivity index (χ0) is 93.5. The fourth-order valence-electron chi connectivity index (χ4n) is 23.1. The molecule has 3 radical (unpaired) electrons. The number of fused-ring (bicyclic) bond motifs is 12. The number of halogens is 5. The Labute approximate surface area is 827 Å². The van der Waals surface area contributed by atoms with Gasteiger partial charge >= 0.3 is 45.2 Å². The number of carbonyl (C=O) groups excluding carboxylic acids is 1. The van der Waals surface area contributed by atoms with Gasteiger partial charge < -0.3 is 21.7 Å². The molecule has 5 saturated carbocycles. The van der Waals surface area contributed by atoms with Gasteiger partial charge in [-0.3, -0.25) is 42.9 Å². The Hall–Kier alpha value is -8.00. The molecule has 16 atom stereocenters. The van der Waals surface area contributed by atoms with Gasteiger partial charge in [-0.1, -0.05) is 242 Å². The van der Waals surface area contributed by atoms with Crippen LogP contribution in [0.2, 0.25) is 0 Å². The van der Waals surface area contributed by atoms with Gasteiger partial charge in [-0.15, -0.1) is 0 Å². The molecule has 7 heterocycles. The van der Waals surface area contributed by atoms with E-state index in [4.69, 9.17) is 9.29 Å². The summed E-state index contributed by atoms with van der Waals surface area (Å²) in [5.41, 5.74) is 9.93. The smallest absolute Gasteiger partial charge is 1.00 e. The normalized spacial score (nSPS) is 26.8. The summed E-state index contributed by atoms with van der Waals surface area (Å²) in [7, 11) is -9.54. The zero-order valence-corrected chi connectivity index (χ0v) is 82.1. The van der Waals surface area contributed by atoms with E-state index < -0.39 is 31.8 Å². The van der Waals surface area contributed by atoms with E-state index in [0.29, 0.717) is 91.7 Å². The Balaban J connectivity index is 0.000000139. The van der Waals surface area contributed by atoms with Gasteiger partial charge in [0.15, 0.2) is 0 Å². The maximum atomic E-state index is 13.7. The van der Waals surface area contributed by atoms with Crippen LogP contribution >= 0.6 is 0 Å². The van der Waals surface area contributed by atoms with Crippen molar-refractivity contribution in [2.45, 2.75) is 177 Å².